The third-order valence-corrected chi connectivity index (χ3v) is 4.35. The number of ether oxygens (including phenoxy) is 1. The fourth-order valence-corrected chi connectivity index (χ4v) is 2.67. The summed E-state index contributed by atoms with van der Waals surface area (Å²) in [6.07, 6.45) is 0. The molecule has 2 rings (SSSR count). The summed E-state index contributed by atoms with van der Waals surface area (Å²) in [5.41, 5.74) is 1.09. The summed E-state index contributed by atoms with van der Waals surface area (Å²) in [4.78, 5) is 35.5. The second-order valence-electron chi connectivity index (χ2n) is 5.08. The number of carbonyl (C=O) groups is 3. The molecule has 0 bridgehead atoms. The van der Waals surface area contributed by atoms with Gasteiger partial charge in [0.2, 0.25) is 0 Å². The summed E-state index contributed by atoms with van der Waals surface area (Å²) in [5, 5.41) is 3.22. The predicted octanol–water partition coefficient (Wildman–Crippen LogP) is 3.82. The highest BCUT2D eigenvalue weighted by Gasteiger charge is 2.09. The molecule has 0 heterocycles. The van der Waals surface area contributed by atoms with Crippen molar-refractivity contribution in [1.29, 1.82) is 0 Å². The van der Waals surface area contributed by atoms with E-state index in [0.717, 1.165) is 4.90 Å². The van der Waals surface area contributed by atoms with Gasteiger partial charge in [-0.25, -0.2) is 0 Å². The Morgan fingerprint density at radius 1 is 1.04 bits per heavy atom. The fourth-order valence-electron chi connectivity index (χ4n) is 1.85. The van der Waals surface area contributed by atoms with E-state index in [2.05, 4.69) is 5.32 Å². The summed E-state index contributed by atoms with van der Waals surface area (Å²) < 4.78 is 4.93. The Morgan fingerprint density at radius 3 is 2.28 bits per heavy atom. The van der Waals surface area contributed by atoms with Gasteiger partial charge in [-0.15, -0.1) is 11.8 Å². The summed E-state index contributed by atoms with van der Waals surface area (Å²) in [5.74, 6) is -0.880. The highest BCUT2D eigenvalue weighted by Crippen LogP contribution is 2.20. The number of rotatable bonds is 7. The van der Waals surface area contributed by atoms with Crippen molar-refractivity contribution in [2.45, 2.75) is 11.8 Å². The van der Waals surface area contributed by atoms with E-state index >= 15 is 0 Å². The van der Waals surface area contributed by atoms with E-state index in [1.165, 1.54) is 18.7 Å². The maximum atomic E-state index is 11.8. The highest BCUT2D eigenvalue weighted by molar-refractivity contribution is 8.00. The molecule has 1 N–H and O–H groups in total. The number of halogens is 1. The summed E-state index contributed by atoms with van der Waals surface area (Å²) in [6, 6.07) is 13.6. The van der Waals surface area contributed by atoms with Crippen molar-refractivity contribution in [3.05, 3.63) is 59.1 Å². The number of anilines is 1. The van der Waals surface area contributed by atoms with E-state index in [0.29, 0.717) is 16.3 Å². The van der Waals surface area contributed by atoms with Crippen molar-refractivity contribution in [1.82, 2.24) is 0 Å². The molecule has 130 valence electrons. The number of Topliss-reactive ketones (excluding diaryl/α,β-unsaturated/α-hetero) is 1. The number of thioether (sulfide) groups is 1. The molecule has 0 atom stereocenters. The van der Waals surface area contributed by atoms with Crippen LogP contribution >= 0.6 is 23.4 Å². The predicted molar refractivity (Wildman–Crippen MR) is 98.2 cm³/mol. The van der Waals surface area contributed by atoms with Crippen LogP contribution in [0.2, 0.25) is 5.02 Å². The van der Waals surface area contributed by atoms with Gasteiger partial charge in [0.15, 0.2) is 12.4 Å². The maximum absolute atomic E-state index is 11.8. The first-order valence-electron chi connectivity index (χ1n) is 7.39. The average Bonchev–Trinajstić information content (AvgIpc) is 2.60. The smallest absolute Gasteiger partial charge is 0.316 e. The van der Waals surface area contributed by atoms with E-state index < -0.39 is 11.9 Å². The first kappa shape index (κ1) is 19.0. The van der Waals surface area contributed by atoms with Crippen LogP contribution in [0.25, 0.3) is 0 Å². The molecule has 0 saturated heterocycles. The first-order chi connectivity index (χ1) is 11.9. The minimum atomic E-state index is -0.484. The minimum absolute atomic E-state index is 0.0509. The third kappa shape index (κ3) is 6.60. The molecule has 0 aliphatic heterocycles. The van der Waals surface area contributed by atoms with Crippen LogP contribution in [0, 0.1) is 0 Å². The Balaban J connectivity index is 1.72. The van der Waals surface area contributed by atoms with Gasteiger partial charge >= 0.3 is 5.97 Å². The number of hydrogen-bond acceptors (Lipinski definition) is 5. The molecule has 0 unspecified atom stereocenters. The van der Waals surface area contributed by atoms with Crippen molar-refractivity contribution < 1.29 is 19.1 Å². The lowest BCUT2D eigenvalue weighted by atomic mass is 10.1. The zero-order valence-electron chi connectivity index (χ0n) is 13.5. The molecular weight excluding hydrogens is 362 g/mol. The zero-order chi connectivity index (χ0) is 18.2. The minimum Gasteiger partial charge on any atom is -0.455 e. The van der Waals surface area contributed by atoms with Crippen LogP contribution in [-0.4, -0.2) is 30.0 Å². The number of benzene rings is 2. The molecule has 0 aliphatic carbocycles. The molecule has 0 saturated carbocycles. The van der Waals surface area contributed by atoms with Gasteiger partial charge in [0.25, 0.3) is 5.91 Å². The van der Waals surface area contributed by atoms with Crippen LogP contribution in [0.4, 0.5) is 5.69 Å². The Labute approximate surface area is 154 Å². The standard InChI is InChI=1S/C18H16ClNO4S/c1-12(21)13-2-6-15(7-3-13)20-17(22)10-24-18(23)11-25-16-8-4-14(19)5-9-16/h2-9H,10-11H2,1H3,(H,20,22). The molecule has 1 amide bonds. The Morgan fingerprint density at radius 2 is 1.68 bits per heavy atom. The van der Waals surface area contributed by atoms with Crippen LogP contribution < -0.4 is 5.32 Å². The monoisotopic (exact) mass is 377 g/mol. The number of carbonyl (C=O) groups excluding carboxylic acids is 3. The quantitative estimate of drug-likeness (QED) is 0.451. The Bertz CT molecular complexity index is 760. The topological polar surface area (TPSA) is 72.5 Å². The maximum Gasteiger partial charge on any atom is 0.316 e. The van der Waals surface area contributed by atoms with Gasteiger partial charge in [0.1, 0.15) is 0 Å². The van der Waals surface area contributed by atoms with Gasteiger partial charge < -0.3 is 10.1 Å². The van der Waals surface area contributed by atoms with Gasteiger partial charge in [-0.05, 0) is 55.5 Å². The summed E-state index contributed by atoms with van der Waals surface area (Å²) in [6.45, 7) is 1.10. The molecule has 25 heavy (non-hydrogen) atoms. The van der Waals surface area contributed by atoms with Crippen molar-refractivity contribution in [2.75, 3.05) is 17.7 Å². The number of amides is 1. The molecule has 0 spiro atoms. The van der Waals surface area contributed by atoms with Crippen LogP contribution in [-0.2, 0) is 14.3 Å². The van der Waals surface area contributed by atoms with E-state index in [1.807, 2.05) is 0 Å². The van der Waals surface area contributed by atoms with Crippen LogP contribution in [0.5, 0.6) is 0 Å². The van der Waals surface area contributed by atoms with Crippen molar-refractivity contribution in [3.8, 4) is 0 Å². The van der Waals surface area contributed by atoms with Crippen molar-refractivity contribution >= 4 is 46.7 Å². The highest BCUT2D eigenvalue weighted by atomic mass is 35.5. The molecule has 2 aromatic rings. The zero-order valence-corrected chi connectivity index (χ0v) is 15.0. The molecule has 0 aromatic heterocycles. The van der Waals surface area contributed by atoms with Crippen LogP contribution in [0.3, 0.4) is 0 Å². The van der Waals surface area contributed by atoms with Gasteiger partial charge in [0.05, 0.1) is 5.75 Å². The van der Waals surface area contributed by atoms with Crippen LogP contribution in [0.15, 0.2) is 53.4 Å². The second-order valence-corrected chi connectivity index (χ2v) is 6.57. The summed E-state index contributed by atoms with van der Waals surface area (Å²) >= 11 is 7.09. The molecule has 0 radical (unpaired) electrons. The number of esters is 1. The Kier molecular flexibility index (Phi) is 7.03. The van der Waals surface area contributed by atoms with E-state index in [1.54, 1.807) is 48.5 Å². The first-order valence-corrected chi connectivity index (χ1v) is 8.75. The van der Waals surface area contributed by atoms with Crippen molar-refractivity contribution in [2.24, 2.45) is 0 Å². The average molecular weight is 378 g/mol. The van der Waals surface area contributed by atoms with Gasteiger partial charge in [-0.3, -0.25) is 14.4 Å². The molecule has 7 heteroatoms. The van der Waals surface area contributed by atoms with E-state index in [-0.39, 0.29) is 18.1 Å². The molecule has 0 aliphatic rings. The second kappa shape index (κ2) is 9.25. The number of ketones is 1. The lowest BCUT2D eigenvalue weighted by Gasteiger charge is -2.07. The van der Waals surface area contributed by atoms with Gasteiger partial charge in [-0.1, -0.05) is 11.6 Å². The van der Waals surface area contributed by atoms with E-state index in [9.17, 15) is 14.4 Å². The molecule has 0 fully saturated rings. The largest absolute Gasteiger partial charge is 0.455 e. The SMILES string of the molecule is CC(=O)c1ccc(NC(=O)COC(=O)CSc2ccc(Cl)cc2)cc1. The summed E-state index contributed by atoms with van der Waals surface area (Å²) in [7, 11) is 0. The number of nitrogens with one attached hydrogen (secondary N) is 1. The molecule has 5 nitrogen and oxygen atoms in total. The lowest BCUT2D eigenvalue weighted by Crippen LogP contribution is -2.21. The fraction of sp³-hybridized carbons (Fsp3) is 0.167. The molecular formula is C18H16ClNO4S. The Hall–Kier alpha value is -2.31. The number of hydrogen-bond donors (Lipinski definition) is 1. The van der Waals surface area contributed by atoms with Crippen molar-refractivity contribution in [3.63, 3.8) is 0 Å². The lowest BCUT2D eigenvalue weighted by molar-refractivity contribution is -0.144. The van der Waals surface area contributed by atoms with Crippen LogP contribution in [0.1, 0.15) is 17.3 Å². The third-order valence-electron chi connectivity index (χ3n) is 3.11. The molecule has 2 aromatic carbocycles. The van der Waals surface area contributed by atoms with Gasteiger partial charge in [0, 0.05) is 21.2 Å². The van der Waals surface area contributed by atoms with E-state index in [4.69, 9.17) is 16.3 Å². The normalized spacial score (nSPS) is 10.2. The van der Waals surface area contributed by atoms with Gasteiger partial charge in [-0.2, -0.15) is 0 Å².